The first kappa shape index (κ1) is 18.7. The molecule has 6 aromatic rings. The first-order valence-corrected chi connectivity index (χ1v) is 12.7. The minimum Gasteiger partial charge on any atom is -0.294 e. The minimum atomic E-state index is -0.521. The largest absolute Gasteiger partial charge is 0.294 e. The van der Waals surface area contributed by atoms with E-state index in [0.29, 0.717) is 6.04 Å². The molecule has 0 aliphatic heterocycles. The van der Waals surface area contributed by atoms with Gasteiger partial charge in [0.1, 0.15) is 5.82 Å². The molecule has 0 amide bonds. The maximum atomic E-state index is 8.11. The molecule has 4 heteroatoms. The van der Waals surface area contributed by atoms with Crippen LogP contribution >= 0.6 is 7.92 Å². The van der Waals surface area contributed by atoms with E-state index in [2.05, 4.69) is 94.0 Å². The van der Waals surface area contributed by atoms with Crippen LogP contribution in [0.3, 0.4) is 0 Å². The minimum absolute atomic E-state index is 0.450. The summed E-state index contributed by atoms with van der Waals surface area (Å²) in [7, 11) is -0.521. The lowest BCUT2D eigenvalue weighted by atomic mass is 10.0. The SMILES string of the molecule is [2H]c1ccnc(-n2c3ccccc3c3ccc(-c4cccc(P(C)c5ccccn5)c4)cc32)c1. The topological polar surface area (TPSA) is 30.7 Å². The van der Waals surface area contributed by atoms with Gasteiger partial charge >= 0.3 is 0 Å². The van der Waals surface area contributed by atoms with Gasteiger partial charge in [0, 0.05) is 23.2 Å². The van der Waals surface area contributed by atoms with Gasteiger partial charge in [-0.05, 0) is 73.5 Å². The number of aromatic nitrogens is 3. The predicted octanol–water partition coefficient (Wildman–Crippen LogP) is 6.30. The standard InChI is InChI=1S/C29H22N3P/c1-33(29-14-5-7-18-31-29)23-10-8-9-21(19-23)22-15-16-25-24-11-2-3-12-26(24)32(27(25)20-22)28-13-4-6-17-30-28/h2-20H,1H3/i4D. The van der Waals surface area contributed by atoms with E-state index in [-0.39, 0.29) is 0 Å². The molecule has 0 saturated carbocycles. The molecule has 0 bridgehead atoms. The Balaban J connectivity index is 1.52. The van der Waals surface area contributed by atoms with Gasteiger partial charge in [0.05, 0.1) is 17.8 Å². The Kier molecular flexibility index (Phi) is 4.70. The second-order valence-corrected chi connectivity index (χ2v) is 10.1. The summed E-state index contributed by atoms with van der Waals surface area (Å²) in [5.74, 6) is 0.761. The van der Waals surface area contributed by atoms with Crippen molar-refractivity contribution in [1.82, 2.24) is 14.5 Å². The lowest BCUT2D eigenvalue weighted by Crippen LogP contribution is -2.13. The zero-order chi connectivity index (χ0) is 23.1. The molecule has 158 valence electrons. The Hall–Kier alpha value is -3.81. The Morgan fingerprint density at radius 2 is 1.52 bits per heavy atom. The predicted molar refractivity (Wildman–Crippen MR) is 140 cm³/mol. The summed E-state index contributed by atoms with van der Waals surface area (Å²) >= 11 is 0. The van der Waals surface area contributed by atoms with Crippen LogP contribution in [0.15, 0.2) is 115 Å². The van der Waals surface area contributed by atoms with E-state index in [4.69, 9.17) is 1.37 Å². The molecule has 0 spiro atoms. The van der Waals surface area contributed by atoms with Gasteiger partial charge in [0.25, 0.3) is 0 Å². The van der Waals surface area contributed by atoms with Crippen molar-refractivity contribution < 1.29 is 1.37 Å². The van der Waals surface area contributed by atoms with Crippen LogP contribution < -0.4 is 10.7 Å². The molecular formula is C29H22N3P. The molecule has 33 heavy (non-hydrogen) atoms. The molecule has 0 aliphatic carbocycles. The summed E-state index contributed by atoms with van der Waals surface area (Å²) in [6.45, 7) is 2.26. The van der Waals surface area contributed by atoms with Gasteiger partial charge in [-0.2, -0.15) is 0 Å². The average Bonchev–Trinajstić information content (AvgIpc) is 3.22. The number of hydrogen-bond donors (Lipinski definition) is 0. The Labute approximate surface area is 195 Å². The molecule has 3 aromatic heterocycles. The molecule has 0 aliphatic rings. The smallest absolute Gasteiger partial charge is 0.137 e. The number of hydrogen-bond acceptors (Lipinski definition) is 2. The average molecular weight is 444 g/mol. The summed E-state index contributed by atoms with van der Waals surface area (Å²) in [4.78, 5) is 9.17. The van der Waals surface area contributed by atoms with Crippen molar-refractivity contribution in [3.63, 3.8) is 0 Å². The van der Waals surface area contributed by atoms with Gasteiger partial charge in [-0.3, -0.25) is 9.55 Å². The van der Waals surface area contributed by atoms with Gasteiger partial charge in [-0.25, -0.2) is 4.98 Å². The highest BCUT2D eigenvalue weighted by molar-refractivity contribution is 7.72. The van der Waals surface area contributed by atoms with Crippen LogP contribution in [-0.4, -0.2) is 21.2 Å². The van der Waals surface area contributed by atoms with Crippen LogP contribution in [0, 0.1) is 0 Å². The lowest BCUT2D eigenvalue weighted by Gasteiger charge is -2.13. The molecule has 1 atom stereocenters. The lowest BCUT2D eigenvalue weighted by molar-refractivity contribution is 1.08. The van der Waals surface area contributed by atoms with Crippen LogP contribution in [0.2, 0.25) is 0 Å². The highest BCUT2D eigenvalue weighted by Crippen LogP contribution is 2.35. The highest BCUT2D eigenvalue weighted by Gasteiger charge is 2.14. The molecule has 3 heterocycles. The van der Waals surface area contributed by atoms with Crippen LogP contribution in [-0.2, 0) is 0 Å². The molecule has 3 aromatic carbocycles. The third kappa shape index (κ3) is 3.51. The fourth-order valence-electron chi connectivity index (χ4n) is 4.41. The van der Waals surface area contributed by atoms with Crippen LogP contribution in [0.5, 0.6) is 0 Å². The van der Waals surface area contributed by atoms with Gasteiger partial charge in [0.15, 0.2) is 0 Å². The van der Waals surface area contributed by atoms with Gasteiger partial charge in [-0.1, -0.05) is 60.6 Å². The van der Waals surface area contributed by atoms with Crippen LogP contribution in [0.1, 0.15) is 1.37 Å². The Morgan fingerprint density at radius 1 is 0.697 bits per heavy atom. The van der Waals surface area contributed by atoms with Crippen molar-refractivity contribution in [2.24, 2.45) is 0 Å². The van der Waals surface area contributed by atoms with E-state index < -0.39 is 7.92 Å². The van der Waals surface area contributed by atoms with Crippen molar-refractivity contribution >= 4 is 40.5 Å². The van der Waals surface area contributed by atoms with Crippen molar-refractivity contribution in [2.45, 2.75) is 0 Å². The third-order valence-electron chi connectivity index (χ3n) is 6.05. The zero-order valence-electron chi connectivity index (χ0n) is 19.2. The molecule has 0 radical (unpaired) electrons. The third-order valence-corrected chi connectivity index (χ3v) is 8.06. The summed E-state index contributed by atoms with van der Waals surface area (Å²) in [5.41, 5.74) is 5.65. The fourth-order valence-corrected chi connectivity index (χ4v) is 5.87. The van der Waals surface area contributed by atoms with Crippen molar-refractivity contribution in [3.05, 3.63) is 115 Å². The molecule has 6 rings (SSSR count). The first-order chi connectivity index (χ1) is 16.7. The van der Waals surface area contributed by atoms with Crippen LogP contribution in [0.25, 0.3) is 38.8 Å². The number of benzene rings is 3. The molecule has 0 N–H and O–H groups in total. The number of pyridine rings is 2. The number of fused-ring (bicyclic) bond motifs is 3. The van der Waals surface area contributed by atoms with E-state index in [1.54, 1.807) is 12.3 Å². The van der Waals surface area contributed by atoms with E-state index in [1.807, 2.05) is 24.4 Å². The fraction of sp³-hybridized carbons (Fsp3) is 0.0345. The van der Waals surface area contributed by atoms with E-state index in [1.165, 1.54) is 21.6 Å². The van der Waals surface area contributed by atoms with Gasteiger partial charge in [0.2, 0.25) is 0 Å². The summed E-state index contributed by atoms with van der Waals surface area (Å²) in [5, 5.41) is 3.66. The number of rotatable bonds is 4. The van der Waals surface area contributed by atoms with E-state index >= 15 is 0 Å². The summed E-state index contributed by atoms with van der Waals surface area (Å²) in [6.07, 6.45) is 3.57. The summed E-state index contributed by atoms with van der Waals surface area (Å²) in [6, 6.07) is 33.9. The normalized spacial score (nSPS) is 12.7. The van der Waals surface area contributed by atoms with Gasteiger partial charge in [-0.15, -0.1) is 0 Å². The Bertz CT molecular complexity index is 1640. The molecule has 1 unspecified atom stereocenters. The second kappa shape index (κ2) is 8.27. The van der Waals surface area contributed by atoms with Crippen molar-refractivity contribution in [2.75, 3.05) is 6.66 Å². The van der Waals surface area contributed by atoms with E-state index in [0.717, 1.165) is 27.8 Å². The molecule has 3 nitrogen and oxygen atoms in total. The maximum absolute atomic E-state index is 8.11. The van der Waals surface area contributed by atoms with Crippen molar-refractivity contribution in [3.8, 4) is 16.9 Å². The first-order valence-electron chi connectivity index (χ1n) is 11.4. The molecular weight excluding hydrogens is 421 g/mol. The number of nitrogens with zero attached hydrogens (tertiary/aromatic N) is 3. The molecule has 0 fully saturated rings. The van der Waals surface area contributed by atoms with Gasteiger partial charge < -0.3 is 0 Å². The maximum Gasteiger partial charge on any atom is 0.137 e. The van der Waals surface area contributed by atoms with Crippen molar-refractivity contribution in [1.29, 1.82) is 0 Å². The quantitative estimate of drug-likeness (QED) is 0.299. The van der Waals surface area contributed by atoms with E-state index in [9.17, 15) is 0 Å². The molecule has 0 saturated heterocycles. The van der Waals surface area contributed by atoms with Crippen LogP contribution in [0.4, 0.5) is 0 Å². The highest BCUT2D eigenvalue weighted by atomic mass is 31.1. The zero-order valence-corrected chi connectivity index (χ0v) is 19.1. The number of para-hydroxylation sites is 1. The summed E-state index contributed by atoms with van der Waals surface area (Å²) < 4.78 is 10.3. The monoisotopic (exact) mass is 444 g/mol. The second-order valence-electron chi connectivity index (χ2n) is 8.00. The Morgan fingerprint density at radius 3 is 2.39 bits per heavy atom.